The minimum atomic E-state index is -0.795. The Morgan fingerprint density at radius 3 is 2.48 bits per heavy atom. The predicted molar refractivity (Wildman–Crippen MR) is 102 cm³/mol. The maximum Gasteiger partial charge on any atom is 0.441 e. The molecule has 27 heavy (non-hydrogen) atoms. The van der Waals surface area contributed by atoms with E-state index in [-0.39, 0.29) is 23.4 Å². The Bertz CT molecular complexity index is 780. The Balaban J connectivity index is 1.57. The van der Waals surface area contributed by atoms with E-state index < -0.39 is 17.5 Å². The van der Waals surface area contributed by atoms with Gasteiger partial charge in [0.15, 0.2) is 0 Å². The van der Waals surface area contributed by atoms with Crippen LogP contribution in [0.3, 0.4) is 0 Å². The fourth-order valence-corrected chi connectivity index (χ4v) is 4.92. The van der Waals surface area contributed by atoms with Gasteiger partial charge in [0.05, 0.1) is 0 Å². The van der Waals surface area contributed by atoms with Crippen molar-refractivity contribution in [3.05, 3.63) is 41.4 Å². The fourth-order valence-electron chi connectivity index (χ4n) is 4.92. The van der Waals surface area contributed by atoms with E-state index >= 15 is 0 Å². The summed E-state index contributed by atoms with van der Waals surface area (Å²) in [5.41, 5.74) is 9.89. The maximum atomic E-state index is 12.5. The highest BCUT2D eigenvalue weighted by atomic mass is 16.5. The highest BCUT2D eigenvalue weighted by Gasteiger charge is 2.63. The lowest BCUT2D eigenvalue weighted by Crippen LogP contribution is -2.40. The Labute approximate surface area is 160 Å². The number of Topliss-reactive ketones (excluding diaryl/α,β-unsaturated/α-hetero) is 1. The third-order valence-corrected chi connectivity index (χ3v) is 7.23. The van der Waals surface area contributed by atoms with E-state index in [1.54, 1.807) is 0 Å². The van der Waals surface area contributed by atoms with Crippen LogP contribution < -0.4 is 0 Å². The van der Waals surface area contributed by atoms with Crippen molar-refractivity contribution in [1.82, 2.24) is 0 Å². The summed E-state index contributed by atoms with van der Waals surface area (Å²) in [5.74, 6) is -0.737. The van der Waals surface area contributed by atoms with E-state index in [1.165, 1.54) is 0 Å². The predicted octanol–water partition coefficient (Wildman–Crippen LogP) is 4.01. The van der Waals surface area contributed by atoms with E-state index in [9.17, 15) is 15.1 Å². The maximum absolute atomic E-state index is 12.5. The molecule has 0 saturated heterocycles. The molecular formula is C22H28N2O3. The topological polar surface area (TPSA) is 79.8 Å². The zero-order valence-electron chi connectivity index (χ0n) is 16.4. The highest BCUT2D eigenvalue weighted by molar-refractivity contribution is 6.62. The molecule has 1 aromatic rings. The Morgan fingerprint density at radius 1 is 1.22 bits per heavy atom. The average molecular weight is 368 g/mol. The van der Waals surface area contributed by atoms with Crippen LogP contribution in [0.25, 0.3) is 5.53 Å². The van der Waals surface area contributed by atoms with Gasteiger partial charge in [-0.25, -0.2) is 4.79 Å². The smallest absolute Gasteiger partial charge is 0.441 e. The van der Waals surface area contributed by atoms with Gasteiger partial charge in [-0.3, -0.25) is 4.79 Å². The molecule has 2 fully saturated rings. The molecule has 0 heterocycles. The Kier molecular flexibility index (Phi) is 5.34. The number of hydrogen-bond acceptors (Lipinski definition) is 3. The number of ketones is 1. The highest BCUT2D eigenvalue weighted by Crippen LogP contribution is 2.66. The number of hydrogen-bond donors (Lipinski definition) is 0. The van der Waals surface area contributed by atoms with Crippen LogP contribution in [-0.4, -0.2) is 28.4 Å². The van der Waals surface area contributed by atoms with Crippen molar-refractivity contribution < 1.29 is 19.1 Å². The van der Waals surface area contributed by atoms with Crippen molar-refractivity contribution in [3.8, 4) is 0 Å². The van der Waals surface area contributed by atoms with Crippen molar-refractivity contribution in [3.63, 3.8) is 0 Å². The fraction of sp³-hybridized carbons (Fsp3) is 0.591. The number of nitrogens with zero attached hydrogens (tertiary/aromatic N) is 2. The standard InChI is InChI=1S/C22H28N2O3/c1-21(2)16-12-13-22(21,3)18(14-16)27-20(26)19(24-23)17(25)11-7-10-15-8-5-4-6-9-15/h4-6,8-9,16,18H,7,10-14H2,1-3H3/t16-,18+,22+/m0/s1. The van der Waals surface area contributed by atoms with Gasteiger partial charge in [0.2, 0.25) is 0 Å². The number of ether oxygens (including phenoxy) is 1. The number of carbonyl (C=O) groups is 2. The largest absolute Gasteiger partial charge is 0.453 e. The lowest BCUT2D eigenvalue weighted by atomic mass is 9.70. The molecular weight excluding hydrogens is 340 g/mol. The molecule has 1 aromatic carbocycles. The van der Waals surface area contributed by atoms with Gasteiger partial charge >= 0.3 is 11.7 Å². The number of aryl methyl sites for hydroxylation is 1. The first-order chi connectivity index (χ1) is 12.8. The van der Waals surface area contributed by atoms with Crippen LogP contribution in [0.15, 0.2) is 30.3 Å². The van der Waals surface area contributed by atoms with Gasteiger partial charge < -0.3 is 10.3 Å². The molecule has 0 aliphatic heterocycles. The van der Waals surface area contributed by atoms with Crippen molar-refractivity contribution in [1.29, 1.82) is 0 Å². The molecule has 0 amide bonds. The summed E-state index contributed by atoms with van der Waals surface area (Å²) in [6.45, 7) is 6.62. The van der Waals surface area contributed by atoms with Crippen LogP contribution in [0.4, 0.5) is 0 Å². The van der Waals surface area contributed by atoms with E-state index in [2.05, 4.69) is 25.6 Å². The van der Waals surface area contributed by atoms with E-state index in [1.807, 2.05) is 30.3 Å². The number of rotatable bonds is 7. The molecule has 2 aliphatic rings. The summed E-state index contributed by atoms with van der Waals surface area (Å²) in [7, 11) is 0. The summed E-state index contributed by atoms with van der Waals surface area (Å²) in [5, 5.41) is 0. The van der Waals surface area contributed by atoms with Crippen molar-refractivity contribution >= 4 is 17.5 Å². The molecule has 0 unspecified atom stereocenters. The van der Waals surface area contributed by atoms with Crippen LogP contribution in [0.1, 0.15) is 58.4 Å². The Hall–Kier alpha value is -2.26. The molecule has 2 saturated carbocycles. The summed E-state index contributed by atoms with van der Waals surface area (Å²) < 4.78 is 5.67. The van der Waals surface area contributed by atoms with Gasteiger partial charge in [-0.15, -0.1) is 0 Å². The van der Waals surface area contributed by atoms with Gasteiger partial charge in [-0.2, -0.15) is 4.79 Å². The molecule has 144 valence electrons. The second kappa shape index (κ2) is 7.40. The quantitative estimate of drug-likeness (QED) is 0.240. The molecule has 3 atom stereocenters. The molecule has 2 bridgehead atoms. The summed E-state index contributed by atoms with van der Waals surface area (Å²) in [4.78, 5) is 27.8. The summed E-state index contributed by atoms with van der Waals surface area (Å²) >= 11 is 0. The van der Waals surface area contributed by atoms with Gasteiger partial charge in [0.25, 0.3) is 5.78 Å². The lowest BCUT2D eigenvalue weighted by Gasteiger charge is -2.38. The van der Waals surface area contributed by atoms with Crippen LogP contribution in [0.2, 0.25) is 0 Å². The van der Waals surface area contributed by atoms with Gasteiger partial charge in [-0.1, -0.05) is 51.1 Å². The minimum absolute atomic E-state index is 0.0930. The number of esters is 1. The molecule has 2 aliphatic carbocycles. The zero-order chi connectivity index (χ0) is 19.7. The number of fused-ring (bicyclic) bond motifs is 2. The van der Waals surface area contributed by atoms with E-state index in [4.69, 9.17) is 4.74 Å². The molecule has 5 nitrogen and oxygen atoms in total. The van der Waals surface area contributed by atoms with E-state index in [0.717, 1.165) is 31.2 Å². The zero-order valence-corrected chi connectivity index (χ0v) is 16.4. The molecule has 0 spiro atoms. The minimum Gasteiger partial charge on any atom is -0.453 e. The molecule has 0 radical (unpaired) electrons. The first-order valence-electron chi connectivity index (χ1n) is 9.80. The molecule has 0 N–H and O–H groups in total. The third kappa shape index (κ3) is 3.49. The van der Waals surface area contributed by atoms with Crippen molar-refractivity contribution in [2.75, 3.05) is 0 Å². The molecule has 0 aromatic heterocycles. The van der Waals surface area contributed by atoms with Crippen LogP contribution in [0, 0.1) is 16.7 Å². The monoisotopic (exact) mass is 368 g/mol. The molecule has 5 heteroatoms. The van der Waals surface area contributed by atoms with Crippen molar-refractivity contribution in [2.24, 2.45) is 16.7 Å². The van der Waals surface area contributed by atoms with Gasteiger partial charge in [-0.05, 0) is 49.0 Å². The van der Waals surface area contributed by atoms with Crippen LogP contribution in [-0.2, 0) is 20.7 Å². The third-order valence-electron chi connectivity index (χ3n) is 7.23. The first-order valence-corrected chi connectivity index (χ1v) is 9.80. The summed E-state index contributed by atoms with van der Waals surface area (Å²) in [6, 6.07) is 9.84. The lowest BCUT2D eigenvalue weighted by molar-refractivity contribution is -0.154. The van der Waals surface area contributed by atoms with Crippen molar-refractivity contribution in [2.45, 2.75) is 65.4 Å². The first kappa shape index (κ1) is 19.5. The van der Waals surface area contributed by atoms with E-state index in [0.29, 0.717) is 12.3 Å². The molecule has 3 rings (SSSR count). The van der Waals surface area contributed by atoms with Gasteiger partial charge in [0.1, 0.15) is 6.10 Å². The number of benzene rings is 1. The Morgan fingerprint density at radius 2 is 1.93 bits per heavy atom. The average Bonchev–Trinajstić information content (AvgIpc) is 2.97. The van der Waals surface area contributed by atoms with Gasteiger partial charge in [0, 0.05) is 11.8 Å². The second-order valence-corrected chi connectivity index (χ2v) is 8.72. The van der Waals surface area contributed by atoms with Crippen LogP contribution in [0.5, 0.6) is 0 Å². The van der Waals surface area contributed by atoms with Crippen LogP contribution >= 0.6 is 0 Å². The normalized spacial score (nSPS) is 27.8. The number of carbonyl (C=O) groups excluding carboxylic acids is 2. The summed E-state index contributed by atoms with van der Waals surface area (Å²) in [6.07, 6.45) is 4.22. The second-order valence-electron chi connectivity index (χ2n) is 8.72. The SMILES string of the molecule is CC1(C)[C@H]2CC[C@]1(C)[C@H](OC(=O)C(=[N+]=[N-])C(=O)CCCc1ccccc1)C2.